The summed E-state index contributed by atoms with van der Waals surface area (Å²) in [6, 6.07) is 10.7. The molecule has 0 bridgehead atoms. The lowest BCUT2D eigenvalue weighted by atomic mass is 10.0. The van der Waals surface area contributed by atoms with Crippen LogP contribution in [0.15, 0.2) is 30.3 Å². The molecule has 0 spiro atoms. The first kappa shape index (κ1) is 23.9. The third kappa shape index (κ3) is 6.64. The molecule has 7 nitrogen and oxygen atoms in total. The summed E-state index contributed by atoms with van der Waals surface area (Å²) in [6.45, 7) is 8.60. The number of aryl methyl sites for hydroxylation is 1. The number of morpholine rings is 1. The highest BCUT2D eigenvalue weighted by atomic mass is 19.4. The molecule has 3 heterocycles. The van der Waals surface area contributed by atoms with Gasteiger partial charge in [0.05, 0.1) is 18.9 Å². The summed E-state index contributed by atoms with van der Waals surface area (Å²) >= 11 is 0. The van der Waals surface area contributed by atoms with E-state index in [1.54, 1.807) is 0 Å². The molecule has 1 aromatic heterocycles. The molecule has 10 heteroatoms. The van der Waals surface area contributed by atoms with Gasteiger partial charge in [0.1, 0.15) is 0 Å². The molecule has 2 aliphatic rings. The minimum Gasteiger partial charge on any atom is -0.475 e. The van der Waals surface area contributed by atoms with Gasteiger partial charge in [0.15, 0.2) is 0 Å². The lowest BCUT2D eigenvalue weighted by Gasteiger charge is -2.31. The van der Waals surface area contributed by atoms with Gasteiger partial charge in [-0.3, -0.25) is 4.90 Å². The molecule has 1 N–H and O–H groups in total. The van der Waals surface area contributed by atoms with E-state index >= 15 is 0 Å². The zero-order valence-electron chi connectivity index (χ0n) is 17.9. The fraction of sp³-hybridized carbons (Fsp3) is 0.500. The van der Waals surface area contributed by atoms with Crippen LogP contribution < -0.4 is 4.90 Å². The topological polar surface area (TPSA) is 78.8 Å². The van der Waals surface area contributed by atoms with Gasteiger partial charge in [-0.25, -0.2) is 14.8 Å². The number of hydrogen-bond acceptors (Lipinski definition) is 6. The zero-order chi connectivity index (χ0) is 23.1. The van der Waals surface area contributed by atoms with E-state index in [0.717, 1.165) is 70.4 Å². The van der Waals surface area contributed by atoms with Crippen LogP contribution in [0.5, 0.6) is 0 Å². The molecule has 32 heavy (non-hydrogen) atoms. The molecule has 0 atom stereocenters. The van der Waals surface area contributed by atoms with Crippen molar-refractivity contribution in [3.8, 4) is 0 Å². The molecular formula is C22H27F3N4O3. The first-order valence-electron chi connectivity index (χ1n) is 10.5. The highest BCUT2D eigenvalue weighted by Crippen LogP contribution is 2.23. The van der Waals surface area contributed by atoms with E-state index in [-0.39, 0.29) is 0 Å². The number of alkyl halides is 3. The number of nitrogens with zero attached hydrogens (tertiary/aromatic N) is 4. The zero-order valence-corrected chi connectivity index (χ0v) is 17.9. The number of fused-ring (bicyclic) bond motifs is 1. The van der Waals surface area contributed by atoms with Crippen LogP contribution in [0.2, 0.25) is 0 Å². The van der Waals surface area contributed by atoms with Gasteiger partial charge >= 0.3 is 12.1 Å². The van der Waals surface area contributed by atoms with Crippen LogP contribution >= 0.6 is 0 Å². The van der Waals surface area contributed by atoms with Crippen LogP contribution in [0.25, 0.3) is 0 Å². The van der Waals surface area contributed by atoms with Gasteiger partial charge in [0.25, 0.3) is 0 Å². The monoisotopic (exact) mass is 452 g/mol. The van der Waals surface area contributed by atoms with Gasteiger partial charge in [0, 0.05) is 50.4 Å². The SMILES string of the molecule is Cc1nc(N2CCOCC2)nc2c1CN(CCc1ccccc1)CC2.O=C(O)C(F)(F)F. The second-order valence-corrected chi connectivity index (χ2v) is 7.70. The van der Waals surface area contributed by atoms with Crippen molar-refractivity contribution in [3.63, 3.8) is 0 Å². The summed E-state index contributed by atoms with van der Waals surface area (Å²) in [5, 5.41) is 7.12. The number of carbonyl (C=O) groups is 1. The summed E-state index contributed by atoms with van der Waals surface area (Å²) < 4.78 is 37.2. The number of anilines is 1. The van der Waals surface area contributed by atoms with Crippen LogP contribution in [-0.4, -0.2) is 71.5 Å². The van der Waals surface area contributed by atoms with Gasteiger partial charge < -0.3 is 14.7 Å². The van der Waals surface area contributed by atoms with Crippen LogP contribution in [0, 0.1) is 6.92 Å². The first-order chi connectivity index (χ1) is 15.2. The van der Waals surface area contributed by atoms with Crippen molar-refractivity contribution < 1.29 is 27.8 Å². The van der Waals surface area contributed by atoms with E-state index in [2.05, 4.69) is 47.1 Å². The number of halogens is 3. The number of aromatic nitrogens is 2. The van der Waals surface area contributed by atoms with Crippen molar-refractivity contribution >= 4 is 11.9 Å². The molecule has 1 aromatic carbocycles. The Hall–Kier alpha value is -2.72. The molecule has 0 unspecified atom stereocenters. The Morgan fingerprint density at radius 2 is 1.78 bits per heavy atom. The largest absolute Gasteiger partial charge is 0.490 e. The van der Waals surface area contributed by atoms with Gasteiger partial charge in [0.2, 0.25) is 5.95 Å². The van der Waals surface area contributed by atoms with E-state index in [1.165, 1.54) is 16.8 Å². The van der Waals surface area contributed by atoms with Crippen LogP contribution in [-0.2, 0) is 28.9 Å². The molecule has 0 aliphatic carbocycles. The van der Waals surface area contributed by atoms with Crippen LogP contribution in [0.3, 0.4) is 0 Å². The smallest absolute Gasteiger partial charge is 0.475 e. The van der Waals surface area contributed by atoms with E-state index in [1.807, 2.05) is 0 Å². The van der Waals surface area contributed by atoms with E-state index in [4.69, 9.17) is 24.6 Å². The summed E-state index contributed by atoms with van der Waals surface area (Å²) in [7, 11) is 0. The molecule has 0 amide bonds. The molecule has 4 rings (SSSR count). The van der Waals surface area contributed by atoms with Crippen LogP contribution in [0.1, 0.15) is 22.5 Å². The van der Waals surface area contributed by atoms with Crippen molar-refractivity contribution in [1.82, 2.24) is 14.9 Å². The lowest BCUT2D eigenvalue weighted by Crippen LogP contribution is -2.39. The molecule has 1 fully saturated rings. The third-order valence-electron chi connectivity index (χ3n) is 5.43. The Labute approximate surface area is 184 Å². The Balaban J connectivity index is 0.000000360. The molecule has 2 aromatic rings. The average Bonchev–Trinajstić information content (AvgIpc) is 2.79. The van der Waals surface area contributed by atoms with Gasteiger partial charge in [-0.15, -0.1) is 0 Å². The predicted octanol–water partition coefficient (Wildman–Crippen LogP) is 2.86. The quantitative estimate of drug-likeness (QED) is 0.764. The van der Waals surface area contributed by atoms with E-state index < -0.39 is 12.1 Å². The fourth-order valence-corrected chi connectivity index (χ4v) is 3.65. The Morgan fingerprint density at radius 3 is 2.41 bits per heavy atom. The summed E-state index contributed by atoms with van der Waals surface area (Å²) in [5.74, 6) is -1.87. The average molecular weight is 452 g/mol. The molecule has 1 saturated heterocycles. The maximum atomic E-state index is 10.6. The van der Waals surface area contributed by atoms with Crippen molar-refractivity contribution in [2.45, 2.75) is 32.5 Å². The minimum absolute atomic E-state index is 0.771. The summed E-state index contributed by atoms with van der Waals surface area (Å²) in [5.41, 5.74) is 5.11. The van der Waals surface area contributed by atoms with Gasteiger partial charge in [-0.05, 0) is 18.9 Å². The molecule has 0 saturated carbocycles. The number of hydrogen-bond donors (Lipinski definition) is 1. The second kappa shape index (κ2) is 10.7. The van der Waals surface area contributed by atoms with Gasteiger partial charge in [-0.2, -0.15) is 13.2 Å². The van der Waals surface area contributed by atoms with Gasteiger partial charge in [-0.1, -0.05) is 30.3 Å². The second-order valence-electron chi connectivity index (χ2n) is 7.70. The number of carboxylic acids is 1. The Morgan fingerprint density at radius 1 is 1.12 bits per heavy atom. The maximum Gasteiger partial charge on any atom is 0.490 e. The maximum absolute atomic E-state index is 10.6. The minimum atomic E-state index is -5.08. The predicted molar refractivity (Wildman–Crippen MR) is 113 cm³/mol. The highest BCUT2D eigenvalue weighted by molar-refractivity contribution is 5.73. The molecule has 174 valence electrons. The van der Waals surface area contributed by atoms with Crippen molar-refractivity contribution in [2.75, 3.05) is 44.3 Å². The Bertz CT molecular complexity index is 903. The number of carboxylic acid groups (broad SMARTS) is 1. The highest BCUT2D eigenvalue weighted by Gasteiger charge is 2.38. The number of aliphatic carboxylic acids is 1. The van der Waals surface area contributed by atoms with E-state index in [9.17, 15) is 13.2 Å². The number of rotatable bonds is 4. The third-order valence-corrected chi connectivity index (χ3v) is 5.43. The van der Waals surface area contributed by atoms with Crippen LogP contribution in [0.4, 0.5) is 19.1 Å². The fourth-order valence-electron chi connectivity index (χ4n) is 3.65. The molecule has 0 radical (unpaired) electrons. The first-order valence-corrected chi connectivity index (χ1v) is 10.5. The van der Waals surface area contributed by atoms with E-state index in [0.29, 0.717) is 0 Å². The Kier molecular flexibility index (Phi) is 8.03. The molecular weight excluding hydrogens is 425 g/mol. The normalized spacial score (nSPS) is 16.7. The summed E-state index contributed by atoms with van der Waals surface area (Å²) in [6.07, 6.45) is -2.97. The van der Waals surface area contributed by atoms with Crippen molar-refractivity contribution in [2.24, 2.45) is 0 Å². The van der Waals surface area contributed by atoms with Crippen molar-refractivity contribution in [1.29, 1.82) is 0 Å². The summed E-state index contributed by atoms with van der Waals surface area (Å²) in [4.78, 5) is 23.4. The van der Waals surface area contributed by atoms with Crippen molar-refractivity contribution in [3.05, 3.63) is 52.8 Å². The number of ether oxygens (including phenoxy) is 1. The standard InChI is InChI=1S/C20H26N4O.C2HF3O2/c1-16-18-15-23(9-7-17-5-3-2-4-6-17)10-8-19(18)22-20(21-16)24-11-13-25-14-12-24;3-2(4,5)1(6)7/h2-6H,7-15H2,1H3;(H,6,7). The lowest BCUT2D eigenvalue weighted by molar-refractivity contribution is -0.192. The molecule has 2 aliphatic heterocycles. The number of benzene rings is 1.